The highest BCUT2D eigenvalue weighted by Gasteiger charge is 2.38. The molecule has 1 unspecified atom stereocenters. The molecule has 1 aliphatic rings. The molecule has 0 spiro atoms. The lowest BCUT2D eigenvalue weighted by Gasteiger charge is -2.34. The molecule has 116 valence electrons. The summed E-state index contributed by atoms with van der Waals surface area (Å²) in [5.74, 6) is 0.539. The summed E-state index contributed by atoms with van der Waals surface area (Å²) in [4.78, 5) is 20.5. The smallest absolute Gasteiger partial charge is 0.254 e. The van der Waals surface area contributed by atoms with Crippen molar-refractivity contribution in [2.75, 3.05) is 25.5 Å². The summed E-state index contributed by atoms with van der Waals surface area (Å²) in [6.45, 7) is 4.15. The monoisotopic (exact) mass is 311 g/mol. The number of nitrogens with zero attached hydrogens (tertiary/aromatic N) is 3. The Hall–Kier alpha value is -1.33. The Morgan fingerprint density at radius 1 is 1.48 bits per heavy atom. The molecule has 0 aliphatic carbocycles. The number of likely N-dealkylation sites (tertiary alicyclic amines) is 1. The van der Waals surface area contributed by atoms with Crippen LogP contribution in [0.1, 0.15) is 37.0 Å². The number of rotatable bonds is 3. The molecule has 1 saturated heterocycles. The predicted molar refractivity (Wildman–Crippen MR) is 83.9 cm³/mol. The maximum atomic E-state index is 12.7. The van der Waals surface area contributed by atoms with Gasteiger partial charge in [0.15, 0.2) is 0 Å². The van der Waals surface area contributed by atoms with Crippen LogP contribution < -0.4 is 4.90 Å². The summed E-state index contributed by atoms with van der Waals surface area (Å²) >= 11 is 6.01. The fourth-order valence-electron chi connectivity index (χ4n) is 2.75. The molecule has 1 aromatic rings. The molecule has 1 aliphatic heterocycles. The van der Waals surface area contributed by atoms with Crippen molar-refractivity contribution in [1.82, 2.24) is 9.88 Å². The lowest BCUT2D eigenvalue weighted by atomic mass is 9.96. The second-order valence-corrected chi connectivity index (χ2v) is 6.63. The van der Waals surface area contributed by atoms with Crippen LogP contribution in [0.4, 0.5) is 5.82 Å². The third-order valence-corrected chi connectivity index (χ3v) is 4.01. The number of halogens is 1. The molecule has 2 rings (SSSR count). The maximum Gasteiger partial charge on any atom is 0.254 e. The van der Waals surface area contributed by atoms with Gasteiger partial charge in [-0.2, -0.15) is 0 Å². The van der Waals surface area contributed by atoms with Gasteiger partial charge in [-0.1, -0.05) is 11.6 Å². The molecular weight excluding hydrogens is 290 g/mol. The van der Waals surface area contributed by atoms with Crippen molar-refractivity contribution in [3.63, 3.8) is 0 Å². The number of amides is 1. The molecular formula is C15H22ClN3O2. The van der Waals surface area contributed by atoms with E-state index < -0.39 is 5.60 Å². The van der Waals surface area contributed by atoms with E-state index in [0.717, 1.165) is 12.8 Å². The molecule has 6 heteroatoms. The maximum absolute atomic E-state index is 12.7. The Labute approximate surface area is 130 Å². The molecule has 5 nitrogen and oxygen atoms in total. The van der Waals surface area contributed by atoms with Crippen LogP contribution in [0.2, 0.25) is 5.15 Å². The third kappa shape index (κ3) is 3.47. The SMILES string of the molecule is CN(C)c1cc(C(=O)N2CCCC2C(C)(C)O)cc(Cl)n1. The van der Waals surface area contributed by atoms with Gasteiger partial charge in [-0.3, -0.25) is 4.79 Å². The van der Waals surface area contributed by atoms with Crippen LogP contribution in [0.3, 0.4) is 0 Å². The van der Waals surface area contributed by atoms with Crippen LogP contribution in [0, 0.1) is 0 Å². The highest BCUT2D eigenvalue weighted by atomic mass is 35.5. The standard InChI is InChI=1S/C15H22ClN3O2/c1-15(2,21)11-6-5-7-19(11)14(20)10-8-12(16)17-13(9-10)18(3)4/h8-9,11,21H,5-7H2,1-4H3. The highest BCUT2D eigenvalue weighted by Crippen LogP contribution is 2.29. The number of pyridine rings is 1. The van der Waals surface area contributed by atoms with Gasteiger partial charge in [-0.25, -0.2) is 4.98 Å². The van der Waals surface area contributed by atoms with E-state index in [9.17, 15) is 9.90 Å². The van der Waals surface area contributed by atoms with Crippen LogP contribution in [0.5, 0.6) is 0 Å². The number of carbonyl (C=O) groups is 1. The van der Waals surface area contributed by atoms with Gasteiger partial charge in [0.25, 0.3) is 5.91 Å². The minimum absolute atomic E-state index is 0.105. The lowest BCUT2D eigenvalue weighted by Crippen LogP contribution is -2.48. The molecule has 0 saturated carbocycles. The number of aliphatic hydroxyl groups is 1. The summed E-state index contributed by atoms with van der Waals surface area (Å²) in [7, 11) is 3.70. The van der Waals surface area contributed by atoms with Gasteiger partial charge < -0.3 is 14.9 Å². The van der Waals surface area contributed by atoms with Gasteiger partial charge >= 0.3 is 0 Å². The molecule has 1 aromatic heterocycles. The average Bonchev–Trinajstić information content (AvgIpc) is 2.86. The van der Waals surface area contributed by atoms with Gasteiger partial charge in [-0.05, 0) is 38.8 Å². The third-order valence-electron chi connectivity index (χ3n) is 3.81. The zero-order valence-corrected chi connectivity index (χ0v) is 13.7. The molecule has 1 atom stereocenters. The minimum Gasteiger partial charge on any atom is -0.388 e. The zero-order chi connectivity index (χ0) is 15.8. The van der Waals surface area contributed by atoms with E-state index in [4.69, 9.17) is 11.6 Å². The molecule has 0 bridgehead atoms. The fourth-order valence-corrected chi connectivity index (χ4v) is 2.95. The highest BCUT2D eigenvalue weighted by molar-refractivity contribution is 6.29. The second kappa shape index (κ2) is 5.81. The molecule has 0 radical (unpaired) electrons. The van der Waals surface area contributed by atoms with Gasteiger partial charge in [0, 0.05) is 26.2 Å². The first-order chi connectivity index (χ1) is 9.70. The van der Waals surface area contributed by atoms with E-state index >= 15 is 0 Å². The van der Waals surface area contributed by atoms with E-state index in [2.05, 4.69) is 4.98 Å². The van der Waals surface area contributed by atoms with Crippen LogP contribution in [-0.2, 0) is 0 Å². The molecule has 1 fully saturated rings. The summed E-state index contributed by atoms with van der Waals surface area (Å²) < 4.78 is 0. The Morgan fingerprint density at radius 3 is 2.71 bits per heavy atom. The Morgan fingerprint density at radius 2 is 2.14 bits per heavy atom. The number of anilines is 1. The fraction of sp³-hybridized carbons (Fsp3) is 0.600. The number of carbonyl (C=O) groups excluding carboxylic acids is 1. The molecule has 21 heavy (non-hydrogen) atoms. The molecule has 1 amide bonds. The van der Waals surface area contributed by atoms with E-state index in [1.54, 1.807) is 35.8 Å². The van der Waals surface area contributed by atoms with Crippen molar-refractivity contribution in [3.05, 3.63) is 22.8 Å². The topological polar surface area (TPSA) is 56.7 Å². The quantitative estimate of drug-likeness (QED) is 0.869. The normalized spacial score (nSPS) is 19.0. The summed E-state index contributed by atoms with van der Waals surface area (Å²) in [6, 6.07) is 3.14. The Balaban J connectivity index is 2.31. The van der Waals surface area contributed by atoms with Gasteiger partial charge in [0.05, 0.1) is 11.6 Å². The summed E-state index contributed by atoms with van der Waals surface area (Å²) in [5.41, 5.74) is -0.400. The first-order valence-corrected chi connectivity index (χ1v) is 7.46. The summed E-state index contributed by atoms with van der Waals surface area (Å²) in [6.07, 6.45) is 1.72. The zero-order valence-electron chi connectivity index (χ0n) is 12.9. The van der Waals surface area contributed by atoms with E-state index in [1.165, 1.54) is 0 Å². The largest absolute Gasteiger partial charge is 0.388 e. The van der Waals surface area contributed by atoms with E-state index in [0.29, 0.717) is 23.1 Å². The minimum atomic E-state index is -0.909. The predicted octanol–water partition coefficient (Wildman–Crippen LogP) is 2.18. The van der Waals surface area contributed by atoms with Crippen LogP contribution in [0.25, 0.3) is 0 Å². The summed E-state index contributed by atoms with van der Waals surface area (Å²) in [5, 5.41) is 10.5. The van der Waals surface area contributed by atoms with Crippen LogP contribution in [-0.4, -0.2) is 53.2 Å². The van der Waals surface area contributed by atoms with E-state index in [1.807, 2.05) is 14.1 Å². The van der Waals surface area contributed by atoms with E-state index in [-0.39, 0.29) is 11.9 Å². The number of hydrogen-bond acceptors (Lipinski definition) is 4. The van der Waals surface area contributed by atoms with Crippen molar-refractivity contribution in [2.45, 2.75) is 38.3 Å². The number of aromatic nitrogens is 1. The van der Waals surface area contributed by atoms with Crippen molar-refractivity contribution in [2.24, 2.45) is 0 Å². The van der Waals surface area contributed by atoms with Gasteiger partial charge in [0.2, 0.25) is 0 Å². The van der Waals surface area contributed by atoms with Crippen molar-refractivity contribution in [3.8, 4) is 0 Å². The average molecular weight is 312 g/mol. The molecule has 2 heterocycles. The van der Waals surface area contributed by atoms with Crippen molar-refractivity contribution >= 4 is 23.3 Å². The Bertz CT molecular complexity index is 540. The van der Waals surface area contributed by atoms with Crippen molar-refractivity contribution < 1.29 is 9.90 Å². The number of hydrogen-bond donors (Lipinski definition) is 1. The molecule has 1 N–H and O–H groups in total. The van der Waals surface area contributed by atoms with Crippen LogP contribution >= 0.6 is 11.6 Å². The first kappa shape index (κ1) is 16.0. The van der Waals surface area contributed by atoms with Crippen molar-refractivity contribution in [1.29, 1.82) is 0 Å². The van der Waals surface area contributed by atoms with Crippen LogP contribution in [0.15, 0.2) is 12.1 Å². The molecule has 0 aromatic carbocycles. The Kier molecular flexibility index (Phi) is 4.44. The second-order valence-electron chi connectivity index (χ2n) is 6.24. The lowest BCUT2D eigenvalue weighted by molar-refractivity contribution is 0.000336. The van der Waals surface area contributed by atoms with Gasteiger partial charge in [0.1, 0.15) is 11.0 Å². The van der Waals surface area contributed by atoms with Gasteiger partial charge in [-0.15, -0.1) is 0 Å². The first-order valence-electron chi connectivity index (χ1n) is 7.08.